The molecule has 2 aromatic rings. The SMILES string of the molecule is CCc1ccc([C@@H]2CC[C@@H](C(=O)NCc3cccc(F)c3)CN2C(C)=O)cc1. The van der Waals surface area contributed by atoms with Gasteiger partial charge in [0, 0.05) is 20.0 Å². The van der Waals surface area contributed by atoms with Crippen molar-refractivity contribution in [3.63, 3.8) is 0 Å². The Morgan fingerprint density at radius 3 is 2.50 bits per heavy atom. The lowest BCUT2D eigenvalue weighted by atomic mass is 9.88. The molecule has 2 amide bonds. The number of likely N-dealkylation sites (tertiary alicyclic amines) is 1. The highest BCUT2D eigenvalue weighted by atomic mass is 19.1. The molecule has 0 bridgehead atoms. The first-order valence-corrected chi connectivity index (χ1v) is 9.86. The van der Waals surface area contributed by atoms with E-state index in [0.29, 0.717) is 6.54 Å². The Balaban J connectivity index is 1.64. The Labute approximate surface area is 165 Å². The molecule has 1 saturated heterocycles. The van der Waals surface area contributed by atoms with Crippen molar-refractivity contribution in [3.05, 3.63) is 71.0 Å². The van der Waals surface area contributed by atoms with Gasteiger partial charge >= 0.3 is 0 Å². The number of hydrogen-bond acceptors (Lipinski definition) is 2. The third kappa shape index (κ3) is 4.77. The summed E-state index contributed by atoms with van der Waals surface area (Å²) >= 11 is 0. The van der Waals surface area contributed by atoms with E-state index < -0.39 is 0 Å². The van der Waals surface area contributed by atoms with Gasteiger partial charge in [-0.05, 0) is 48.1 Å². The summed E-state index contributed by atoms with van der Waals surface area (Å²) in [5.41, 5.74) is 3.11. The summed E-state index contributed by atoms with van der Waals surface area (Å²) < 4.78 is 13.3. The molecule has 1 aliphatic heterocycles. The molecule has 1 fully saturated rings. The number of amides is 2. The fourth-order valence-electron chi connectivity index (χ4n) is 3.84. The van der Waals surface area contributed by atoms with E-state index in [0.717, 1.165) is 30.4 Å². The first kappa shape index (κ1) is 20.1. The monoisotopic (exact) mass is 382 g/mol. The Hall–Kier alpha value is -2.69. The minimum absolute atomic E-state index is 0.00988. The Morgan fingerprint density at radius 1 is 1.11 bits per heavy atom. The largest absolute Gasteiger partial charge is 0.352 e. The van der Waals surface area contributed by atoms with Gasteiger partial charge in [0.15, 0.2) is 0 Å². The van der Waals surface area contributed by atoms with Crippen molar-refractivity contribution in [2.45, 2.75) is 45.7 Å². The predicted molar refractivity (Wildman–Crippen MR) is 107 cm³/mol. The Morgan fingerprint density at radius 2 is 1.86 bits per heavy atom. The zero-order valence-corrected chi connectivity index (χ0v) is 16.5. The molecule has 0 aliphatic carbocycles. The average Bonchev–Trinajstić information content (AvgIpc) is 2.71. The van der Waals surface area contributed by atoms with Crippen LogP contribution in [0.2, 0.25) is 0 Å². The number of aryl methyl sites for hydroxylation is 1. The Kier molecular flexibility index (Phi) is 6.45. The molecule has 5 heteroatoms. The summed E-state index contributed by atoms with van der Waals surface area (Å²) in [6.45, 7) is 4.37. The van der Waals surface area contributed by atoms with E-state index in [1.165, 1.54) is 17.7 Å². The van der Waals surface area contributed by atoms with Gasteiger partial charge in [0.1, 0.15) is 5.82 Å². The van der Waals surface area contributed by atoms with E-state index >= 15 is 0 Å². The topological polar surface area (TPSA) is 49.4 Å². The molecule has 0 unspecified atom stereocenters. The fraction of sp³-hybridized carbons (Fsp3) is 0.391. The molecule has 1 aliphatic rings. The first-order chi connectivity index (χ1) is 13.5. The second-order valence-corrected chi connectivity index (χ2v) is 7.40. The van der Waals surface area contributed by atoms with Gasteiger partial charge in [0.25, 0.3) is 0 Å². The van der Waals surface area contributed by atoms with Crippen LogP contribution in [0.1, 0.15) is 49.4 Å². The molecule has 0 saturated carbocycles. The molecule has 2 aromatic carbocycles. The predicted octanol–water partition coefficient (Wildman–Crippen LogP) is 4.00. The molecule has 4 nitrogen and oxygen atoms in total. The van der Waals surface area contributed by atoms with Gasteiger partial charge < -0.3 is 10.2 Å². The molecule has 3 rings (SSSR count). The molecule has 1 heterocycles. The maximum atomic E-state index is 13.3. The van der Waals surface area contributed by atoms with Crippen molar-refractivity contribution in [1.29, 1.82) is 0 Å². The summed E-state index contributed by atoms with van der Waals surface area (Å²) in [5.74, 6) is -0.671. The molecule has 1 N–H and O–H groups in total. The smallest absolute Gasteiger partial charge is 0.225 e. The van der Waals surface area contributed by atoms with Crippen molar-refractivity contribution < 1.29 is 14.0 Å². The summed E-state index contributed by atoms with van der Waals surface area (Å²) in [5, 5.41) is 2.88. The van der Waals surface area contributed by atoms with Crippen LogP contribution in [-0.2, 0) is 22.6 Å². The number of rotatable bonds is 5. The molecule has 28 heavy (non-hydrogen) atoms. The molecular weight excluding hydrogens is 355 g/mol. The van der Waals surface area contributed by atoms with Crippen LogP contribution in [0.3, 0.4) is 0 Å². The van der Waals surface area contributed by atoms with Crippen molar-refractivity contribution in [2.24, 2.45) is 5.92 Å². The molecule has 2 atom stereocenters. The normalized spacial score (nSPS) is 19.3. The van der Waals surface area contributed by atoms with Gasteiger partial charge in [-0.25, -0.2) is 4.39 Å². The highest BCUT2D eigenvalue weighted by Crippen LogP contribution is 2.33. The van der Waals surface area contributed by atoms with Gasteiger partial charge in [0.2, 0.25) is 11.8 Å². The first-order valence-electron chi connectivity index (χ1n) is 9.86. The number of nitrogens with zero attached hydrogens (tertiary/aromatic N) is 1. The van der Waals surface area contributed by atoms with Crippen molar-refractivity contribution in [3.8, 4) is 0 Å². The van der Waals surface area contributed by atoms with Crippen molar-refractivity contribution in [2.75, 3.05) is 6.54 Å². The van der Waals surface area contributed by atoms with Gasteiger partial charge in [0.05, 0.1) is 12.0 Å². The highest BCUT2D eigenvalue weighted by Gasteiger charge is 2.34. The van der Waals surface area contributed by atoms with Crippen LogP contribution >= 0.6 is 0 Å². The molecule has 148 valence electrons. The van der Waals surface area contributed by atoms with Gasteiger partial charge in [-0.2, -0.15) is 0 Å². The fourth-order valence-corrected chi connectivity index (χ4v) is 3.84. The molecule has 0 aromatic heterocycles. The second-order valence-electron chi connectivity index (χ2n) is 7.40. The highest BCUT2D eigenvalue weighted by molar-refractivity contribution is 5.81. The van der Waals surface area contributed by atoms with Crippen LogP contribution in [0.25, 0.3) is 0 Å². The number of hydrogen-bond donors (Lipinski definition) is 1. The summed E-state index contributed by atoms with van der Waals surface area (Å²) in [7, 11) is 0. The average molecular weight is 382 g/mol. The van der Waals surface area contributed by atoms with Crippen LogP contribution in [0.5, 0.6) is 0 Å². The van der Waals surface area contributed by atoms with E-state index in [1.54, 1.807) is 24.0 Å². The lowest BCUT2D eigenvalue weighted by Crippen LogP contribution is -2.46. The van der Waals surface area contributed by atoms with Gasteiger partial charge in [-0.15, -0.1) is 0 Å². The Bertz CT molecular complexity index is 835. The third-order valence-corrected chi connectivity index (χ3v) is 5.49. The van der Waals surface area contributed by atoms with E-state index in [1.807, 2.05) is 0 Å². The van der Waals surface area contributed by atoms with E-state index in [2.05, 4.69) is 36.5 Å². The molecule has 0 radical (unpaired) electrons. The minimum Gasteiger partial charge on any atom is -0.352 e. The lowest BCUT2D eigenvalue weighted by molar-refractivity contribution is -0.137. The van der Waals surface area contributed by atoms with Crippen LogP contribution in [-0.4, -0.2) is 23.3 Å². The van der Waals surface area contributed by atoms with Gasteiger partial charge in [-0.3, -0.25) is 9.59 Å². The number of halogens is 1. The number of piperidine rings is 1. The number of carbonyl (C=O) groups is 2. The van der Waals surface area contributed by atoms with Crippen molar-refractivity contribution >= 4 is 11.8 Å². The summed E-state index contributed by atoms with van der Waals surface area (Å²) in [6, 6.07) is 14.6. The maximum absolute atomic E-state index is 13.3. The van der Waals surface area contributed by atoms with Crippen LogP contribution in [0.4, 0.5) is 4.39 Å². The number of carbonyl (C=O) groups excluding carboxylic acids is 2. The number of nitrogens with one attached hydrogen (secondary N) is 1. The van der Waals surface area contributed by atoms with Crippen molar-refractivity contribution in [1.82, 2.24) is 10.2 Å². The van der Waals surface area contributed by atoms with Crippen LogP contribution in [0.15, 0.2) is 48.5 Å². The quantitative estimate of drug-likeness (QED) is 0.850. The second kappa shape index (κ2) is 9.00. The lowest BCUT2D eigenvalue weighted by Gasteiger charge is -2.39. The van der Waals surface area contributed by atoms with Crippen LogP contribution in [0, 0.1) is 11.7 Å². The minimum atomic E-state index is -0.316. The third-order valence-electron chi connectivity index (χ3n) is 5.49. The van der Waals surface area contributed by atoms with Gasteiger partial charge in [-0.1, -0.05) is 43.3 Å². The van der Waals surface area contributed by atoms with E-state index in [4.69, 9.17) is 0 Å². The summed E-state index contributed by atoms with van der Waals surface area (Å²) in [6.07, 6.45) is 2.46. The molecule has 0 spiro atoms. The van der Waals surface area contributed by atoms with E-state index in [9.17, 15) is 14.0 Å². The van der Waals surface area contributed by atoms with E-state index in [-0.39, 0.29) is 36.1 Å². The van der Waals surface area contributed by atoms with Crippen LogP contribution < -0.4 is 5.32 Å². The zero-order valence-electron chi connectivity index (χ0n) is 16.5. The summed E-state index contributed by atoms with van der Waals surface area (Å²) in [4.78, 5) is 26.7. The standard InChI is InChI=1S/C23H27FN2O2/c1-3-17-7-9-19(10-8-17)22-12-11-20(15-26(22)16(2)27)23(28)25-14-18-5-4-6-21(24)13-18/h4-10,13,20,22H,3,11-12,14-15H2,1-2H3,(H,25,28)/t20-,22+/m1/s1. The zero-order chi connectivity index (χ0) is 20.1. The number of benzene rings is 2. The maximum Gasteiger partial charge on any atom is 0.225 e. The molecular formula is C23H27FN2O2.